The van der Waals surface area contributed by atoms with Gasteiger partial charge in [0, 0.05) is 13.1 Å². The first-order valence-corrected chi connectivity index (χ1v) is 7.40. The standard InChI is InChI=1S/C16H25N3O.HI/c1-13-7-10-19(11-8-13)16(17)18-9-12-20-15-6-4-3-5-14(15)2;/h3-6,13H,7-12H2,1-2H3,(H2,17,18);1H. The number of aliphatic imine (C=N–C) groups is 1. The third-order valence-corrected chi connectivity index (χ3v) is 3.82. The number of nitrogens with zero attached hydrogens (tertiary/aromatic N) is 2. The number of hydrogen-bond acceptors (Lipinski definition) is 2. The lowest BCUT2D eigenvalue weighted by molar-refractivity contribution is 0.276. The first-order chi connectivity index (χ1) is 9.66. The Morgan fingerprint density at radius 3 is 2.67 bits per heavy atom. The average molecular weight is 403 g/mol. The number of ether oxygens (including phenoxy) is 1. The Kier molecular flexibility index (Phi) is 7.85. The molecule has 0 aliphatic carbocycles. The Balaban J connectivity index is 0.00000220. The van der Waals surface area contributed by atoms with Crippen molar-refractivity contribution in [1.29, 1.82) is 0 Å². The van der Waals surface area contributed by atoms with E-state index in [-0.39, 0.29) is 24.0 Å². The second-order valence-corrected chi connectivity index (χ2v) is 5.52. The van der Waals surface area contributed by atoms with E-state index in [1.54, 1.807) is 0 Å². The fourth-order valence-corrected chi connectivity index (χ4v) is 2.37. The maximum Gasteiger partial charge on any atom is 0.191 e. The fourth-order valence-electron chi connectivity index (χ4n) is 2.37. The molecule has 1 aliphatic rings. The van der Waals surface area contributed by atoms with Crippen molar-refractivity contribution >= 4 is 29.9 Å². The zero-order chi connectivity index (χ0) is 14.4. The van der Waals surface area contributed by atoms with E-state index in [1.807, 2.05) is 31.2 Å². The van der Waals surface area contributed by atoms with E-state index >= 15 is 0 Å². The van der Waals surface area contributed by atoms with Crippen LogP contribution >= 0.6 is 24.0 Å². The molecule has 4 nitrogen and oxygen atoms in total. The van der Waals surface area contributed by atoms with E-state index in [0.717, 1.165) is 30.3 Å². The summed E-state index contributed by atoms with van der Waals surface area (Å²) in [6.45, 7) is 7.55. The van der Waals surface area contributed by atoms with Crippen LogP contribution in [0.15, 0.2) is 29.3 Å². The van der Waals surface area contributed by atoms with Crippen LogP contribution in [0.3, 0.4) is 0 Å². The van der Waals surface area contributed by atoms with Gasteiger partial charge in [0.25, 0.3) is 0 Å². The van der Waals surface area contributed by atoms with E-state index in [4.69, 9.17) is 10.5 Å². The average Bonchev–Trinajstić information content (AvgIpc) is 2.46. The van der Waals surface area contributed by atoms with E-state index in [1.165, 1.54) is 12.8 Å². The molecule has 21 heavy (non-hydrogen) atoms. The lowest BCUT2D eigenvalue weighted by Crippen LogP contribution is -2.42. The molecule has 0 unspecified atom stereocenters. The van der Waals surface area contributed by atoms with E-state index in [2.05, 4.69) is 16.8 Å². The van der Waals surface area contributed by atoms with E-state index in [9.17, 15) is 0 Å². The number of halogens is 1. The summed E-state index contributed by atoms with van der Waals surface area (Å²) in [5, 5.41) is 0. The Bertz CT molecular complexity index is 457. The number of nitrogens with two attached hydrogens (primary N) is 1. The largest absolute Gasteiger partial charge is 0.491 e. The number of para-hydroxylation sites is 1. The van der Waals surface area contributed by atoms with Gasteiger partial charge in [0.2, 0.25) is 0 Å². The number of benzene rings is 1. The Morgan fingerprint density at radius 1 is 1.33 bits per heavy atom. The summed E-state index contributed by atoms with van der Waals surface area (Å²) in [6, 6.07) is 8.01. The predicted octanol–water partition coefficient (Wildman–Crippen LogP) is 3.04. The molecule has 0 radical (unpaired) electrons. The molecule has 1 aromatic carbocycles. The van der Waals surface area contributed by atoms with E-state index < -0.39 is 0 Å². The first-order valence-electron chi connectivity index (χ1n) is 7.40. The molecule has 0 spiro atoms. The van der Waals surface area contributed by atoms with Crippen molar-refractivity contribution in [1.82, 2.24) is 4.90 Å². The molecule has 2 rings (SSSR count). The quantitative estimate of drug-likeness (QED) is 0.364. The second kappa shape index (κ2) is 9.12. The molecular formula is C16H26IN3O. The van der Waals surface area contributed by atoms with Crippen molar-refractivity contribution < 1.29 is 4.74 Å². The van der Waals surface area contributed by atoms with Gasteiger partial charge in [-0.1, -0.05) is 25.1 Å². The molecule has 0 aromatic heterocycles. The monoisotopic (exact) mass is 403 g/mol. The van der Waals surface area contributed by atoms with Crippen LogP contribution in [-0.2, 0) is 0 Å². The molecule has 5 heteroatoms. The predicted molar refractivity (Wildman–Crippen MR) is 98.5 cm³/mol. The van der Waals surface area contributed by atoms with Crippen molar-refractivity contribution in [3.63, 3.8) is 0 Å². The lowest BCUT2D eigenvalue weighted by Gasteiger charge is -2.31. The fraction of sp³-hybridized carbons (Fsp3) is 0.562. The number of guanidine groups is 1. The summed E-state index contributed by atoms with van der Waals surface area (Å²) in [6.07, 6.45) is 2.41. The van der Waals surface area contributed by atoms with Gasteiger partial charge in [-0.15, -0.1) is 24.0 Å². The number of likely N-dealkylation sites (tertiary alicyclic amines) is 1. The van der Waals surface area contributed by atoms with Crippen molar-refractivity contribution in [2.24, 2.45) is 16.6 Å². The van der Waals surface area contributed by atoms with E-state index in [0.29, 0.717) is 19.1 Å². The van der Waals surface area contributed by atoms with Gasteiger partial charge < -0.3 is 15.4 Å². The third kappa shape index (κ3) is 5.73. The van der Waals surface area contributed by atoms with Gasteiger partial charge in [0.05, 0.1) is 6.54 Å². The van der Waals surface area contributed by atoms with Gasteiger partial charge in [-0.05, 0) is 37.3 Å². The Hall–Kier alpha value is -0.980. The SMILES string of the molecule is Cc1ccccc1OCCN=C(N)N1CCC(C)CC1.I. The lowest BCUT2D eigenvalue weighted by atomic mass is 10.00. The van der Waals surface area contributed by atoms with Crippen molar-refractivity contribution in [2.75, 3.05) is 26.2 Å². The van der Waals surface area contributed by atoms with Gasteiger partial charge in [-0.2, -0.15) is 0 Å². The van der Waals surface area contributed by atoms with Crippen LogP contribution in [0.1, 0.15) is 25.3 Å². The highest BCUT2D eigenvalue weighted by Crippen LogP contribution is 2.16. The van der Waals surface area contributed by atoms with Gasteiger partial charge in [-0.25, -0.2) is 4.99 Å². The number of aryl methyl sites for hydroxylation is 1. The summed E-state index contributed by atoms with van der Waals surface area (Å²) in [5.74, 6) is 2.39. The molecule has 0 atom stereocenters. The summed E-state index contributed by atoms with van der Waals surface area (Å²) in [5.41, 5.74) is 7.17. The van der Waals surface area contributed by atoms with Gasteiger partial charge >= 0.3 is 0 Å². The zero-order valence-corrected chi connectivity index (χ0v) is 15.2. The topological polar surface area (TPSA) is 50.9 Å². The third-order valence-electron chi connectivity index (χ3n) is 3.82. The second-order valence-electron chi connectivity index (χ2n) is 5.52. The van der Waals surface area contributed by atoms with Crippen molar-refractivity contribution in [3.8, 4) is 5.75 Å². The molecule has 0 saturated carbocycles. The van der Waals surface area contributed by atoms with Crippen molar-refractivity contribution in [3.05, 3.63) is 29.8 Å². The minimum atomic E-state index is 0. The highest BCUT2D eigenvalue weighted by Gasteiger charge is 2.16. The molecule has 118 valence electrons. The summed E-state index contributed by atoms with van der Waals surface area (Å²) < 4.78 is 5.71. The number of piperidine rings is 1. The molecule has 2 N–H and O–H groups in total. The molecule has 1 saturated heterocycles. The van der Waals surface area contributed by atoms with Gasteiger partial charge in [0.15, 0.2) is 5.96 Å². The van der Waals surface area contributed by atoms with Crippen LogP contribution in [0.4, 0.5) is 0 Å². The van der Waals surface area contributed by atoms with Crippen molar-refractivity contribution in [2.45, 2.75) is 26.7 Å². The Labute approximate surface area is 144 Å². The Morgan fingerprint density at radius 2 is 2.00 bits per heavy atom. The zero-order valence-electron chi connectivity index (χ0n) is 12.9. The molecular weight excluding hydrogens is 377 g/mol. The van der Waals surface area contributed by atoms with Crippen LogP contribution < -0.4 is 10.5 Å². The maximum absolute atomic E-state index is 6.02. The van der Waals surface area contributed by atoms with Crippen LogP contribution in [0, 0.1) is 12.8 Å². The summed E-state index contributed by atoms with van der Waals surface area (Å²) >= 11 is 0. The number of rotatable bonds is 4. The molecule has 1 aliphatic heterocycles. The van der Waals surface area contributed by atoms with Crippen LogP contribution in [0.2, 0.25) is 0 Å². The van der Waals surface area contributed by atoms with Crippen LogP contribution in [0.5, 0.6) is 5.75 Å². The normalized spacial score (nSPS) is 16.5. The van der Waals surface area contributed by atoms with Crippen LogP contribution in [-0.4, -0.2) is 37.1 Å². The summed E-state index contributed by atoms with van der Waals surface area (Å²) in [7, 11) is 0. The minimum absolute atomic E-state index is 0. The highest BCUT2D eigenvalue weighted by atomic mass is 127. The van der Waals surface area contributed by atoms with Crippen LogP contribution in [0.25, 0.3) is 0 Å². The molecule has 1 fully saturated rings. The van der Waals surface area contributed by atoms with Gasteiger partial charge in [-0.3, -0.25) is 0 Å². The maximum atomic E-state index is 6.02. The molecule has 1 aromatic rings. The minimum Gasteiger partial charge on any atom is -0.491 e. The highest BCUT2D eigenvalue weighted by molar-refractivity contribution is 14.0. The molecule has 0 amide bonds. The smallest absolute Gasteiger partial charge is 0.191 e. The number of hydrogen-bond donors (Lipinski definition) is 1. The first kappa shape index (κ1) is 18.1. The van der Waals surface area contributed by atoms with Gasteiger partial charge in [0.1, 0.15) is 12.4 Å². The molecule has 1 heterocycles. The molecule has 0 bridgehead atoms. The summed E-state index contributed by atoms with van der Waals surface area (Å²) in [4.78, 5) is 6.59.